The smallest absolute Gasteiger partial charge is 0.270 e. The molecule has 0 aliphatic heterocycles. The van der Waals surface area contributed by atoms with Crippen LogP contribution in [0.15, 0.2) is 36.5 Å². The topological polar surface area (TPSA) is 104 Å². The van der Waals surface area contributed by atoms with E-state index in [2.05, 4.69) is 10.3 Å². The Kier molecular flexibility index (Phi) is 6.24. The van der Waals surface area contributed by atoms with Gasteiger partial charge in [0.05, 0.1) is 5.71 Å². The third-order valence-corrected chi connectivity index (χ3v) is 3.81. The number of halogens is 1. The number of nitrogens with zero attached hydrogens (tertiary/aromatic N) is 2. The number of ether oxygens (including phenoxy) is 1. The van der Waals surface area contributed by atoms with Crippen LogP contribution in [0.5, 0.6) is 11.5 Å². The maximum atomic E-state index is 13.8. The van der Waals surface area contributed by atoms with Gasteiger partial charge in [-0.15, -0.1) is 0 Å². The van der Waals surface area contributed by atoms with Crippen LogP contribution in [0.4, 0.5) is 15.9 Å². The Morgan fingerprint density at radius 1 is 1.38 bits per heavy atom. The summed E-state index contributed by atoms with van der Waals surface area (Å²) in [5, 5.41) is 10.4. The third kappa shape index (κ3) is 5.25. The molecule has 0 unspecified atom stereocenters. The fourth-order valence-corrected chi connectivity index (χ4v) is 2.03. The number of aromatic nitrogens is 1. The quantitative estimate of drug-likeness (QED) is 0.521. The molecule has 4 N–H and O–H groups in total. The normalized spacial score (nSPS) is 11.9. The molecule has 0 aliphatic carbocycles. The molecule has 1 aromatic carbocycles. The minimum atomic E-state index is -0.591. The van der Waals surface area contributed by atoms with Crippen LogP contribution in [0.25, 0.3) is 0 Å². The average Bonchev–Trinajstić information content (AvgIpc) is 2.57. The number of pyridine rings is 1. The van der Waals surface area contributed by atoms with E-state index in [1.807, 2.05) is 25.9 Å². The van der Waals surface area contributed by atoms with Gasteiger partial charge in [0.1, 0.15) is 11.6 Å². The molecule has 1 aromatic heterocycles. The first-order chi connectivity index (χ1) is 12.3. The molecule has 8 heteroatoms. The van der Waals surface area contributed by atoms with Crippen molar-refractivity contribution in [2.45, 2.75) is 19.4 Å². The predicted octanol–water partition coefficient (Wildman–Crippen LogP) is 2.89. The van der Waals surface area contributed by atoms with E-state index in [4.69, 9.17) is 15.9 Å². The zero-order valence-corrected chi connectivity index (χ0v) is 14.9. The second-order valence-corrected chi connectivity index (χ2v) is 6.12. The second-order valence-electron chi connectivity index (χ2n) is 6.12. The molecule has 0 spiro atoms. The highest BCUT2D eigenvalue weighted by Crippen LogP contribution is 2.26. The van der Waals surface area contributed by atoms with Gasteiger partial charge in [0, 0.05) is 36.5 Å². The summed E-state index contributed by atoms with van der Waals surface area (Å²) < 4.78 is 19.3. The molecule has 0 fully saturated rings. The van der Waals surface area contributed by atoms with Crippen LogP contribution in [0.3, 0.4) is 0 Å². The number of rotatable bonds is 7. The molecule has 0 bridgehead atoms. The minimum absolute atomic E-state index is 0.00947. The van der Waals surface area contributed by atoms with E-state index >= 15 is 0 Å². The van der Waals surface area contributed by atoms with E-state index in [-0.39, 0.29) is 23.3 Å². The summed E-state index contributed by atoms with van der Waals surface area (Å²) in [5.74, 6) is -0.609. The number of hydrogen-bond donors (Lipinski definition) is 3. The fraction of sp³-hybridized carbons (Fsp3) is 0.278. The zero-order chi connectivity index (χ0) is 19.3. The number of carbonyl (C=O) groups is 1. The summed E-state index contributed by atoms with van der Waals surface area (Å²) in [6.07, 6.45) is 1.73. The Morgan fingerprint density at radius 2 is 2.12 bits per heavy atom. The van der Waals surface area contributed by atoms with Gasteiger partial charge in [0.25, 0.3) is 5.91 Å². The Balaban J connectivity index is 2.04. The van der Waals surface area contributed by atoms with Gasteiger partial charge in [0.2, 0.25) is 0 Å². The average molecular weight is 359 g/mol. The highest BCUT2D eigenvalue weighted by molar-refractivity contribution is 6.41. The first kappa shape index (κ1) is 19.3. The van der Waals surface area contributed by atoms with Crippen LogP contribution < -0.4 is 15.8 Å². The van der Waals surface area contributed by atoms with Gasteiger partial charge < -0.3 is 20.7 Å². The summed E-state index contributed by atoms with van der Waals surface area (Å²) in [7, 11) is 3.77. The number of benzene rings is 1. The van der Waals surface area contributed by atoms with E-state index in [0.29, 0.717) is 17.9 Å². The molecule has 1 amide bonds. The van der Waals surface area contributed by atoms with Crippen LogP contribution >= 0.6 is 0 Å². The van der Waals surface area contributed by atoms with E-state index in [1.165, 1.54) is 30.5 Å². The molecule has 26 heavy (non-hydrogen) atoms. The van der Waals surface area contributed by atoms with Crippen molar-refractivity contribution < 1.29 is 13.9 Å². The van der Waals surface area contributed by atoms with Crippen LogP contribution in [0, 0.1) is 11.2 Å². The summed E-state index contributed by atoms with van der Waals surface area (Å²) in [4.78, 5) is 18.1. The molecule has 0 saturated heterocycles. The number of nitrogen functional groups attached to an aromatic ring is 1. The SMILES string of the molecule is C[C@H](CC(=N)C(=O)Nc1cc(Oc2ccc(N)cc2F)ccn1)N(C)C. The summed E-state index contributed by atoms with van der Waals surface area (Å²) >= 11 is 0. The van der Waals surface area contributed by atoms with Crippen molar-refractivity contribution in [1.29, 1.82) is 5.41 Å². The van der Waals surface area contributed by atoms with Gasteiger partial charge >= 0.3 is 0 Å². The molecule has 138 valence electrons. The minimum Gasteiger partial charge on any atom is -0.454 e. The predicted molar refractivity (Wildman–Crippen MR) is 99.2 cm³/mol. The van der Waals surface area contributed by atoms with Crippen molar-refractivity contribution in [2.24, 2.45) is 0 Å². The Labute approximate surface area is 151 Å². The third-order valence-electron chi connectivity index (χ3n) is 3.81. The molecular formula is C18H22FN5O2. The highest BCUT2D eigenvalue weighted by atomic mass is 19.1. The highest BCUT2D eigenvalue weighted by Gasteiger charge is 2.16. The van der Waals surface area contributed by atoms with E-state index in [0.717, 1.165) is 6.07 Å². The van der Waals surface area contributed by atoms with E-state index in [9.17, 15) is 9.18 Å². The zero-order valence-electron chi connectivity index (χ0n) is 14.9. The molecule has 0 aliphatic rings. The van der Waals surface area contributed by atoms with Crippen LogP contribution in [-0.4, -0.2) is 41.6 Å². The molecule has 2 aromatic rings. The number of anilines is 2. The van der Waals surface area contributed by atoms with Gasteiger partial charge in [-0.1, -0.05) is 0 Å². The van der Waals surface area contributed by atoms with Crippen molar-refractivity contribution in [3.63, 3.8) is 0 Å². The Bertz CT molecular complexity index is 810. The van der Waals surface area contributed by atoms with Gasteiger partial charge in [-0.2, -0.15) is 0 Å². The number of carbonyl (C=O) groups excluding carboxylic acids is 1. The fourth-order valence-electron chi connectivity index (χ4n) is 2.03. The van der Waals surface area contributed by atoms with Crippen molar-refractivity contribution in [3.8, 4) is 11.5 Å². The molecule has 0 saturated carbocycles. The maximum Gasteiger partial charge on any atom is 0.270 e. The van der Waals surface area contributed by atoms with Gasteiger partial charge in [-0.05, 0) is 39.2 Å². The van der Waals surface area contributed by atoms with Crippen LogP contribution in [-0.2, 0) is 4.79 Å². The number of amides is 1. The van der Waals surface area contributed by atoms with Crippen LogP contribution in [0.2, 0.25) is 0 Å². The Morgan fingerprint density at radius 3 is 2.77 bits per heavy atom. The lowest BCUT2D eigenvalue weighted by molar-refractivity contribution is -0.110. The molecule has 2 rings (SSSR count). The van der Waals surface area contributed by atoms with Crippen molar-refractivity contribution in [1.82, 2.24) is 9.88 Å². The lowest BCUT2D eigenvalue weighted by Gasteiger charge is -2.19. The molecule has 7 nitrogen and oxygen atoms in total. The van der Waals surface area contributed by atoms with Crippen molar-refractivity contribution >= 4 is 23.1 Å². The van der Waals surface area contributed by atoms with E-state index in [1.54, 1.807) is 0 Å². The summed E-state index contributed by atoms with van der Waals surface area (Å²) in [5.41, 5.74) is 5.75. The van der Waals surface area contributed by atoms with Gasteiger partial charge in [-0.3, -0.25) is 10.2 Å². The molecule has 0 radical (unpaired) electrons. The van der Waals surface area contributed by atoms with E-state index < -0.39 is 11.7 Å². The molecule has 1 atom stereocenters. The molecular weight excluding hydrogens is 337 g/mol. The number of hydrogen-bond acceptors (Lipinski definition) is 6. The van der Waals surface area contributed by atoms with Crippen molar-refractivity contribution in [3.05, 3.63) is 42.3 Å². The van der Waals surface area contributed by atoms with Crippen molar-refractivity contribution in [2.75, 3.05) is 25.1 Å². The summed E-state index contributed by atoms with van der Waals surface area (Å²) in [6, 6.07) is 7.15. The standard InChI is InChI=1S/C18H22FN5O2/c1-11(24(2)3)8-15(21)18(25)23-17-10-13(6-7-22-17)26-16-5-4-12(20)9-14(16)19/h4-7,9-11,21H,8,20H2,1-3H3,(H,22,23,25)/t11-/m1/s1. The second kappa shape index (κ2) is 8.39. The monoisotopic (exact) mass is 359 g/mol. The lowest BCUT2D eigenvalue weighted by Crippen LogP contribution is -2.32. The lowest BCUT2D eigenvalue weighted by atomic mass is 10.1. The first-order valence-electron chi connectivity index (χ1n) is 8.00. The number of nitrogens with one attached hydrogen (secondary N) is 2. The van der Waals surface area contributed by atoms with Crippen LogP contribution in [0.1, 0.15) is 13.3 Å². The maximum absolute atomic E-state index is 13.8. The molecule has 1 heterocycles. The van der Waals surface area contributed by atoms with Gasteiger partial charge in [-0.25, -0.2) is 9.37 Å². The first-order valence-corrected chi connectivity index (χ1v) is 8.00. The number of nitrogens with two attached hydrogens (primary N) is 1. The largest absolute Gasteiger partial charge is 0.454 e. The van der Waals surface area contributed by atoms with Gasteiger partial charge in [0.15, 0.2) is 11.6 Å². The summed E-state index contributed by atoms with van der Waals surface area (Å²) in [6.45, 7) is 1.93. The Hall–Kier alpha value is -3.00.